The lowest BCUT2D eigenvalue weighted by Gasteiger charge is -2.37. The highest BCUT2D eigenvalue weighted by Gasteiger charge is 2.27. The molecule has 4 heteroatoms. The molecule has 1 rings (SSSR count). The van der Waals surface area contributed by atoms with Crippen LogP contribution in [0.4, 0.5) is 0 Å². The highest BCUT2D eigenvalue weighted by Crippen LogP contribution is 2.27. The van der Waals surface area contributed by atoms with Gasteiger partial charge in [-0.2, -0.15) is 0 Å². The van der Waals surface area contributed by atoms with E-state index in [0.717, 1.165) is 13.1 Å². The third-order valence-corrected chi connectivity index (χ3v) is 3.63. The molecule has 0 saturated heterocycles. The van der Waals surface area contributed by atoms with Gasteiger partial charge in [0.15, 0.2) is 0 Å². The van der Waals surface area contributed by atoms with Gasteiger partial charge in [0.1, 0.15) is 0 Å². The van der Waals surface area contributed by atoms with Crippen molar-refractivity contribution in [3.8, 4) is 0 Å². The van der Waals surface area contributed by atoms with Gasteiger partial charge in [0, 0.05) is 12.6 Å². The first-order chi connectivity index (χ1) is 7.69. The summed E-state index contributed by atoms with van der Waals surface area (Å²) in [7, 11) is 3.52. The van der Waals surface area contributed by atoms with Gasteiger partial charge in [-0.3, -0.25) is 4.79 Å². The largest absolute Gasteiger partial charge is 0.469 e. The lowest BCUT2D eigenvalue weighted by Crippen LogP contribution is -2.43. The molecular formula is C12H24N2O2. The molecule has 0 heterocycles. The first-order valence-electron chi connectivity index (χ1n) is 6.16. The Kier molecular flexibility index (Phi) is 5.77. The number of nitrogens with zero attached hydrogens (tertiary/aromatic N) is 1. The number of esters is 1. The number of carbonyl (C=O) groups is 1. The van der Waals surface area contributed by atoms with Gasteiger partial charge in [0.05, 0.1) is 13.5 Å². The zero-order valence-corrected chi connectivity index (χ0v) is 10.4. The zero-order chi connectivity index (χ0) is 12.0. The summed E-state index contributed by atoms with van der Waals surface area (Å²) in [5.74, 6) is 0.461. The van der Waals surface area contributed by atoms with E-state index in [0.29, 0.717) is 18.4 Å². The van der Waals surface area contributed by atoms with Crippen molar-refractivity contribution >= 4 is 5.97 Å². The number of carbonyl (C=O) groups excluding carboxylic acids is 1. The Hall–Kier alpha value is -0.610. The van der Waals surface area contributed by atoms with Gasteiger partial charge in [-0.15, -0.1) is 0 Å². The van der Waals surface area contributed by atoms with Gasteiger partial charge in [0.25, 0.3) is 0 Å². The first kappa shape index (κ1) is 13.5. The van der Waals surface area contributed by atoms with Crippen LogP contribution in [0.2, 0.25) is 0 Å². The van der Waals surface area contributed by atoms with E-state index in [9.17, 15) is 4.79 Å². The molecule has 1 aliphatic carbocycles. The van der Waals surface area contributed by atoms with Crippen LogP contribution in [0.15, 0.2) is 0 Å². The van der Waals surface area contributed by atoms with Crippen molar-refractivity contribution in [2.45, 2.75) is 38.1 Å². The molecule has 94 valence electrons. The molecule has 16 heavy (non-hydrogen) atoms. The van der Waals surface area contributed by atoms with Gasteiger partial charge >= 0.3 is 5.97 Å². The van der Waals surface area contributed by atoms with Crippen molar-refractivity contribution in [3.05, 3.63) is 0 Å². The SMILES string of the molecule is COC(=O)CCN(C)C1CCCCC1CN. The standard InChI is InChI=1S/C12H24N2O2/c1-14(8-7-12(15)16-2)11-6-4-3-5-10(11)9-13/h10-11H,3-9,13H2,1-2H3. The molecule has 4 nitrogen and oxygen atoms in total. The van der Waals surface area contributed by atoms with Gasteiger partial charge < -0.3 is 15.4 Å². The van der Waals surface area contributed by atoms with Crippen molar-refractivity contribution in [1.82, 2.24) is 4.90 Å². The lowest BCUT2D eigenvalue weighted by atomic mass is 9.83. The van der Waals surface area contributed by atoms with Crippen LogP contribution in [-0.2, 0) is 9.53 Å². The first-order valence-corrected chi connectivity index (χ1v) is 6.16. The maximum Gasteiger partial charge on any atom is 0.306 e. The molecule has 2 atom stereocenters. The summed E-state index contributed by atoms with van der Waals surface area (Å²) in [6, 6.07) is 0.545. The number of hydrogen-bond acceptors (Lipinski definition) is 4. The van der Waals surface area contributed by atoms with Gasteiger partial charge in [0.2, 0.25) is 0 Å². The zero-order valence-electron chi connectivity index (χ0n) is 10.4. The number of hydrogen-bond donors (Lipinski definition) is 1. The predicted molar refractivity (Wildman–Crippen MR) is 64.1 cm³/mol. The van der Waals surface area contributed by atoms with Crippen molar-refractivity contribution in [2.75, 3.05) is 27.2 Å². The number of methoxy groups -OCH3 is 1. The molecule has 2 unspecified atom stereocenters. The summed E-state index contributed by atoms with van der Waals surface area (Å²) in [5, 5.41) is 0. The molecule has 0 aromatic heterocycles. The Morgan fingerprint density at radius 1 is 1.44 bits per heavy atom. The van der Waals surface area contributed by atoms with Gasteiger partial charge in [-0.05, 0) is 32.4 Å². The molecule has 0 aliphatic heterocycles. The van der Waals surface area contributed by atoms with E-state index in [-0.39, 0.29) is 5.97 Å². The number of ether oxygens (including phenoxy) is 1. The van der Waals surface area contributed by atoms with E-state index in [1.54, 1.807) is 0 Å². The molecule has 0 aromatic rings. The summed E-state index contributed by atoms with van der Waals surface area (Å²) in [6.07, 6.45) is 5.48. The second kappa shape index (κ2) is 6.86. The second-order valence-electron chi connectivity index (χ2n) is 4.65. The molecule has 0 spiro atoms. The Morgan fingerprint density at radius 2 is 2.12 bits per heavy atom. The lowest BCUT2D eigenvalue weighted by molar-refractivity contribution is -0.141. The Labute approximate surface area is 98.1 Å². The minimum Gasteiger partial charge on any atom is -0.469 e. The van der Waals surface area contributed by atoms with Crippen LogP contribution < -0.4 is 5.73 Å². The fourth-order valence-corrected chi connectivity index (χ4v) is 2.58. The molecular weight excluding hydrogens is 204 g/mol. The summed E-state index contributed by atoms with van der Waals surface area (Å²) >= 11 is 0. The third kappa shape index (κ3) is 3.76. The van der Waals surface area contributed by atoms with E-state index in [1.807, 2.05) is 0 Å². The smallest absolute Gasteiger partial charge is 0.306 e. The second-order valence-corrected chi connectivity index (χ2v) is 4.65. The molecule has 1 aliphatic rings. The Bertz CT molecular complexity index is 221. The topological polar surface area (TPSA) is 55.6 Å². The summed E-state index contributed by atoms with van der Waals surface area (Å²) in [4.78, 5) is 13.3. The summed E-state index contributed by atoms with van der Waals surface area (Å²) in [6.45, 7) is 1.53. The molecule has 0 bridgehead atoms. The summed E-state index contributed by atoms with van der Waals surface area (Å²) < 4.78 is 4.65. The Balaban J connectivity index is 2.38. The van der Waals surface area contributed by atoms with Crippen molar-refractivity contribution in [2.24, 2.45) is 11.7 Å². The minimum atomic E-state index is -0.132. The van der Waals surface area contributed by atoms with E-state index < -0.39 is 0 Å². The van der Waals surface area contributed by atoms with Crippen LogP contribution in [0.1, 0.15) is 32.1 Å². The maximum absolute atomic E-state index is 11.1. The minimum absolute atomic E-state index is 0.132. The van der Waals surface area contributed by atoms with E-state index >= 15 is 0 Å². The predicted octanol–water partition coefficient (Wildman–Crippen LogP) is 0.999. The van der Waals surface area contributed by atoms with Crippen LogP contribution in [-0.4, -0.2) is 44.2 Å². The quantitative estimate of drug-likeness (QED) is 0.713. The van der Waals surface area contributed by atoms with Crippen LogP contribution in [0.3, 0.4) is 0 Å². The molecule has 2 N–H and O–H groups in total. The highest BCUT2D eigenvalue weighted by molar-refractivity contribution is 5.69. The van der Waals surface area contributed by atoms with E-state index in [2.05, 4.69) is 16.7 Å². The average molecular weight is 228 g/mol. The highest BCUT2D eigenvalue weighted by atomic mass is 16.5. The van der Waals surface area contributed by atoms with E-state index in [1.165, 1.54) is 32.8 Å². The fourth-order valence-electron chi connectivity index (χ4n) is 2.58. The van der Waals surface area contributed by atoms with Crippen LogP contribution in [0.5, 0.6) is 0 Å². The molecule has 0 amide bonds. The van der Waals surface area contributed by atoms with E-state index in [4.69, 9.17) is 5.73 Å². The Morgan fingerprint density at radius 3 is 2.75 bits per heavy atom. The number of rotatable bonds is 5. The fraction of sp³-hybridized carbons (Fsp3) is 0.917. The molecule has 1 fully saturated rings. The summed E-state index contributed by atoms with van der Waals surface area (Å²) in [5.41, 5.74) is 5.80. The van der Waals surface area contributed by atoms with Gasteiger partial charge in [-0.1, -0.05) is 12.8 Å². The van der Waals surface area contributed by atoms with Crippen molar-refractivity contribution < 1.29 is 9.53 Å². The van der Waals surface area contributed by atoms with Crippen molar-refractivity contribution in [1.29, 1.82) is 0 Å². The normalized spacial score (nSPS) is 25.8. The molecule has 0 aromatic carbocycles. The van der Waals surface area contributed by atoms with Crippen LogP contribution >= 0.6 is 0 Å². The monoisotopic (exact) mass is 228 g/mol. The average Bonchev–Trinajstić information content (AvgIpc) is 2.35. The van der Waals surface area contributed by atoms with Crippen LogP contribution in [0, 0.1) is 5.92 Å². The van der Waals surface area contributed by atoms with Crippen LogP contribution in [0.25, 0.3) is 0 Å². The van der Waals surface area contributed by atoms with Gasteiger partial charge in [-0.25, -0.2) is 0 Å². The maximum atomic E-state index is 11.1. The molecule has 1 saturated carbocycles. The van der Waals surface area contributed by atoms with Crippen molar-refractivity contribution in [3.63, 3.8) is 0 Å². The molecule has 0 radical (unpaired) electrons. The number of nitrogens with two attached hydrogens (primary N) is 1. The third-order valence-electron chi connectivity index (χ3n) is 3.63.